The molecule has 2 atom stereocenters. The molecule has 0 heterocycles. The number of halogens is 2. The van der Waals surface area contributed by atoms with Crippen molar-refractivity contribution in [2.45, 2.75) is 19.9 Å². The normalized spacial score (nSPS) is 15.2. The van der Waals surface area contributed by atoms with Crippen molar-refractivity contribution in [3.05, 3.63) is 35.4 Å². The summed E-state index contributed by atoms with van der Waals surface area (Å²) in [7, 11) is -3.01. The first-order valence-electron chi connectivity index (χ1n) is 6.05. The van der Waals surface area contributed by atoms with E-state index in [2.05, 4.69) is 5.32 Å². The van der Waals surface area contributed by atoms with Gasteiger partial charge in [0.15, 0.2) is 0 Å². The van der Waals surface area contributed by atoms with Gasteiger partial charge in [-0.3, -0.25) is 0 Å². The van der Waals surface area contributed by atoms with E-state index in [1.54, 1.807) is 6.92 Å². The van der Waals surface area contributed by atoms with E-state index < -0.39 is 21.5 Å². The second-order valence-electron chi connectivity index (χ2n) is 4.99. The van der Waals surface area contributed by atoms with Crippen LogP contribution in [-0.2, 0) is 9.84 Å². The third-order valence-corrected chi connectivity index (χ3v) is 3.96. The summed E-state index contributed by atoms with van der Waals surface area (Å²) in [5.41, 5.74) is 0.368. The average molecular weight is 291 g/mol. The van der Waals surface area contributed by atoms with Crippen LogP contribution in [-0.4, -0.2) is 27.0 Å². The van der Waals surface area contributed by atoms with Gasteiger partial charge in [-0.25, -0.2) is 17.2 Å². The lowest BCUT2D eigenvalue weighted by atomic mass is 10.1. The molecule has 0 fully saturated rings. The van der Waals surface area contributed by atoms with Crippen LogP contribution in [0, 0.1) is 17.6 Å². The van der Waals surface area contributed by atoms with Crippen molar-refractivity contribution < 1.29 is 17.2 Å². The number of sulfone groups is 1. The Morgan fingerprint density at radius 3 is 2.42 bits per heavy atom. The summed E-state index contributed by atoms with van der Waals surface area (Å²) in [4.78, 5) is 0. The Hall–Kier alpha value is -1.01. The monoisotopic (exact) mass is 291 g/mol. The highest BCUT2D eigenvalue weighted by Gasteiger charge is 2.14. The summed E-state index contributed by atoms with van der Waals surface area (Å²) in [6.45, 7) is 4.01. The molecule has 0 radical (unpaired) electrons. The Morgan fingerprint density at radius 1 is 1.26 bits per heavy atom. The minimum atomic E-state index is -3.01. The lowest BCUT2D eigenvalue weighted by Crippen LogP contribution is -2.28. The predicted octanol–water partition coefficient (Wildman–Crippen LogP) is 2.30. The number of nitrogens with one attached hydrogen (secondary N) is 1. The molecule has 6 heteroatoms. The van der Waals surface area contributed by atoms with Gasteiger partial charge in [0.05, 0.1) is 5.75 Å². The average Bonchev–Trinajstić information content (AvgIpc) is 2.23. The van der Waals surface area contributed by atoms with Gasteiger partial charge in [-0.1, -0.05) is 13.0 Å². The first-order valence-corrected chi connectivity index (χ1v) is 8.11. The molecule has 108 valence electrons. The minimum Gasteiger partial charge on any atom is -0.310 e. The van der Waals surface area contributed by atoms with E-state index in [0.29, 0.717) is 12.1 Å². The molecule has 0 spiro atoms. The summed E-state index contributed by atoms with van der Waals surface area (Å²) >= 11 is 0. The summed E-state index contributed by atoms with van der Waals surface area (Å²) < 4.78 is 48.5. The molecule has 0 saturated carbocycles. The quantitative estimate of drug-likeness (QED) is 0.875. The van der Waals surface area contributed by atoms with Gasteiger partial charge in [0.2, 0.25) is 0 Å². The molecule has 0 aromatic heterocycles. The SMILES string of the molecule is C[C@@H](CN[C@H](C)c1ccc(F)cc1F)CS(C)(=O)=O. The first-order chi connectivity index (χ1) is 8.69. The summed E-state index contributed by atoms with van der Waals surface area (Å²) in [5, 5.41) is 3.05. The molecular weight excluding hydrogens is 272 g/mol. The van der Waals surface area contributed by atoms with Crippen LogP contribution in [0.25, 0.3) is 0 Å². The highest BCUT2D eigenvalue weighted by Crippen LogP contribution is 2.17. The number of hydrogen-bond acceptors (Lipinski definition) is 3. The van der Waals surface area contributed by atoms with E-state index in [1.807, 2.05) is 6.92 Å². The van der Waals surface area contributed by atoms with Crippen LogP contribution >= 0.6 is 0 Å². The van der Waals surface area contributed by atoms with Gasteiger partial charge in [-0.2, -0.15) is 0 Å². The maximum Gasteiger partial charge on any atom is 0.147 e. The van der Waals surface area contributed by atoms with Crippen LogP contribution in [0.15, 0.2) is 18.2 Å². The molecule has 19 heavy (non-hydrogen) atoms. The molecule has 0 saturated heterocycles. The van der Waals surface area contributed by atoms with Crippen molar-refractivity contribution in [1.82, 2.24) is 5.32 Å². The predicted molar refractivity (Wildman–Crippen MR) is 71.7 cm³/mol. The zero-order valence-corrected chi connectivity index (χ0v) is 12.1. The van der Waals surface area contributed by atoms with Gasteiger partial charge in [0.25, 0.3) is 0 Å². The standard InChI is InChI=1S/C13H19F2NO2S/c1-9(8-19(3,17)18)7-16-10(2)12-5-4-11(14)6-13(12)15/h4-6,9-10,16H,7-8H2,1-3H3/t9-,10+/m0/s1. The number of rotatable bonds is 6. The molecule has 0 unspecified atom stereocenters. The van der Waals surface area contributed by atoms with Crippen molar-refractivity contribution >= 4 is 9.84 Å². The maximum atomic E-state index is 13.5. The molecule has 0 aliphatic heterocycles. The van der Waals surface area contributed by atoms with E-state index in [0.717, 1.165) is 6.07 Å². The Morgan fingerprint density at radius 2 is 1.89 bits per heavy atom. The summed E-state index contributed by atoms with van der Waals surface area (Å²) in [5.74, 6) is -1.20. The Balaban J connectivity index is 2.58. The fourth-order valence-corrected chi connectivity index (χ4v) is 3.07. The van der Waals surface area contributed by atoms with Crippen molar-refractivity contribution in [3.63, 3.8) is 0 Å². The molecule has 0 bridgehead atoms. The lowest BCUT2D eigenvalue weighted by molar-refractivity contribution is 0.473. The van der Waals surface area contributed by atoms with Crippen LogP contribution in [0.3, 0.4) is 0 Å². The highest BCUT2D eigenvalue weighted by atomic mass is 32.2. The molecule has 1 aromatic rings. The highest BCUT2D eigenvalue weighted by molar-refractivity contribution is 7.90. The minimum absolute atomic E-state index is 0.0686. The maximum absolute atomic E-state index is 13.5. The van der Waals surface area contributed by atoms with Crippen molar-refractivity contribution in [1.29, 1.82) is 0 Å². The third-order valence-electron chi connectivity index (χ3n) is 2.79. The molecule has 1 N–H and O–H groups in total. The second kappa shape index (κ2) is 6.43. The first kappa shape index (κ1) is 16.0. The fraction of sp³-hybridized carbons (Fsp3) is 0.538. The van der Waals surface area contributed by atoms with Gasteiger partial charge in [0, 0.05) is 23.9 Å². The zero-order chi connectivity index (χ0) is 14.6. The molecule has 0 amide bonds. The van der Waals surface area contributed by atoms with Crippen molar-refractivity contribution in [3.8, 4) is 0 Å². The Bertz CT molecular complexity index is 531. The van der Waals surface area contributed by atoms with Crippen LogP contribution in [0.1, 0.15) is 25.5 Å². The van der Waals surface area contributed by atoms with Crippen LogP contribution in [0.2, 0.25) is 0 Å². The molecular formula is C13H19F2NO2S. The van der Waals surface area contributed by atoms with Gasteiger partial charge < -0.3 is 5.32 Å². The largest absolute Gasteiger partial charge is 0.310 e. The van der Waals surface area contributed by atoms with E-state index >= 15 is 0 Å². The fourth-order valence-electron chi connectivity index (χ4n) is 1.92. The number of benzene rings is 1. The molecule has 1 aromatic carbocycles. The van der Waals surface area contributed by atoms with Crippen LogP contribution < -0.4 is 5.32 Å². The van der Waals surface area contributed by atoms with Gasteiger partial charge in [-0.05, 0) is 25.5 Å². The third kappa shape index (κ3) is 5.65. The second-order valence-corrected chi connectivity index (χ2v) is 7.18. The van der Waals surface area contributed by atoms with Crippen molar-refractivity contribution in [2.24, 2.45) is 5.92 Å². The molecule has 1 rings (SSSR count). The van der Waals surface area contributed by atoms with Crippen LogP contribution in [0.5, 0.6) is 0 Å². The van der Waals surface area contributed by atoms with E-state index in [9.17, 15) is 17.2 Å². The Labute approximate surface area is 112 Å². The van der Waals surface area contributed by atoms with E-state index in [4.69, 9.17) is 0 Å². The summed E-state index contributed by atoms with van der Waals surface area (Å²) in [6.07, 6.45) is 1.19. The molecule has 0 aliphatic rings. The lowest BCUT2D eigenvalue weighted by Gasteiger charge is -2.18. The van der Waals surface area contributed by atoms with Gasteiger partial charge in [0.1, 0.15) is 21.5 Å². The van der Waals surface area contributed by atoms with Crippen LogP contribution in [0.4, 0.5) is 8.78 Å². The topological polar surface area (TPSA) is 46.2 Å². The summed E-state index contributed by atoms with van der Waals surface area (Å²) in [6, 6.07) is 3.13. The Kier molecular flexibility index (Phi) is 5.43. The van der Waals surface area contributed by atoms with E-state index in [1.165, 1.54) is 18.4 Å². The van der Waals surface area contributed by atoms with Crippen molar-refractivity contribution in [2.75, 3.05) is 18.6 Å². The molecule has 3 nitrogen and oxygen atoms in total. The van der Waals surface area contributed by atoms with Gasteiger partial charge >= 0.3 is 0 Å². The van der Waals surface area contributed by atoms with E-state index in [-0.39, 0.29) is 17.7 Å². The zero-order valence-electron chi connectivity index (χ0n) is 11.3. The van der Waals surface area contributed by atoms with Gasteiger partial charge in [-0.15, -0.1) is 0 Å². The number of hydrogen-bond donors (Lipinski definition) is 1. The molecule has 0 aliphatic carbocycles. The smallest absolute Gasteiger partial charge is 0.147 e.